The molecule has 2 aromatic rings. The third-order valence-electron chi connectivity index (χ3n) is 7.38. The van der Waals surface area contributed by atoms with Gasteiger partial charge in [0.05, 0.1) is 48.2 Å². The van der Waals surface area contributed by atoms with Gasteiger partial charge in [-0.1, -0.05) is 0 Å². The highest BCUT2D eigenvalue weighted by Crippen LogP contribution is 2.50. The second-order valence-electron chi connectivity index (χ2n) is 10.8. The predicted octanol–water partition coefficient (Wildman–Crippen LogP) is 9.35. The van der Waals surface area contributed by atoms with Crippen LogP contribution in [0.25, 0.3) is 0 Å². The van der Waals surface area contributed by atoms with E-state index >= 15 is 0 Å². The quantitative estimate of drug-likeness (QED) is 0.291. The predicted molar refractivity (Wildman–Crippen MR) is 142 cm³/mol. The minimum absolute atomic E-state index is 0.0372. The number of alkyl halides is 9. The fourth-order valence-electron chi connectivity index (χ4n) is 5.30. The Labute approximate surface area is 254 Å². The van der Waals surface area contributed by atoms with E-state index in [1.807, 2.05) is 0 Å². The Morgan fingerprint density at radius 1 is 0.955 bits per heavy atom. The summed E-state index contributed by atoms with van der Waals surface area (Å²) < 4.78 is 133. The number of amides is 2. The molecule has 0 saturated heterocycles. The molecule has 1 heterocycles. The van der Waals surface area contributed by atoms with Gasteiger partial charge in [-0.3, -0.25) is 9.80 Å². The molecule has 0 unspecified atom stereocenters. The van der Waals surface area contributed by atoms with Crippen LogP contribution in [0, 0.1) is 5.92 Å². The van der Waals surface area contributed by atoms with E-state index in [1.54, 1.807) is 13.8 Å². The summed E-state index contributed by atoms with van der Waals surface area (Å²) in [4.78, 5) is 28.4. The molecule has 16 heteroatoms. The summed E-state index contributed by atoms with van der Waals surface area (Å²) in [6.45, 7) is 2.24. The topological polar surface area (TPSA) is 59.1 Å². The molecule has 0 spiro atoms. The normalized spacial score (nSPS) is 19.1. The molecule has 0 bridgehead atoms. The number of anilines is 1. The van der Waals surface area contributed by atoms with Crippen LogP contribution < -0.4 is 4.90 Å². The fourth-order valence-corrected chi connectivity index (χ4v) is 5.88. The van der Waals surface area contributed by atoms with E-state index in [4.69, 9.17) is 9.47 Å². The van der Waals surface area contributed by atoms with Crippen LogP contribution in [0.3, 0.4) is 0 Å². The van der Waals surface area contributed by atoms with Gasteiger partial charge in [-0.25, -0.2) is 9.59 Å². The molecule has 0 radical (unpaired) electrons. The molecule has 4 rings (SSSR count). The van der Waals surface area contributed by atoms with Gasteiger partial charge in [0.2, 0.25) is 0 Å². The van der Waals surface area contributed by atoms with Crippen molar-refractivity contribution in [2.24, 2.45) is 5.92 Å². The average Bonchev–Trinajstić information content (AvgIpc) is 3.74. The van der Waals surface area contributed by atoms with Crippen LogP contribution in [0.4, 0.5) is 54.8 Å². The highest BCUT2D eigenvalue weighted by molar-refractivity contribution is 9.10. The van der Waals surface area contributed by atoms with Gasteiger partial charge < -0.3 is 9.47 Å². The third-order valence-corrected chi connectivity index (χ3v) is 8.31. The van der Waals surface area contributed by atoms with Crippen LogP contribution in [0.15, 0.2) is 34.8 Å². The molecule has 1 fully saturated rings. The second kappa shape index (κ2) is 12.0. The molecule has 2 amide bonds. The molecule has 1 saturated carbocycles. The molecular weight excluding hydrogens is 679 g/mol. The lowest BCUT2D eigenvalue weighted by molar-refractivity contribution is -0.143. The molecule has 2 atom stereocenters. The second-order valence-corrected chi connectivity index (χ2v) is 11.6. The monoisotopic (exact) mass is 704 g/mol. The van der Waals surface area contributed by atoms with Gasteiger partial charge in [-0.2, -0.15) is 39.5 Å². The van der Waals surface area contributed by atoms with Gasteiger partial charge in [-0.05, 0) is 96.4 Å². The number of hydrogen-bond donors (Lipinski definition) is 0. The van der Waals surface area contributed by atoms with Crippen molar-refractivity contribution >= 4 is 33.8 Å². The van der Waals surface area contributed by atoms with Crippen LogP contribution in [0.1, 0.15) is 67.0 Å². The smallest absolute Gasteiger partial charge is 0.417 e. The van der Waals surface area contributed by atoms with Crippen molar-refractivity contribution in [3.05, 3.63) is 62.6 Å². The Morgan fingerprint density at radius 3 is 2.07 bits per heavy atom. The molecular formula is C28H26BrF9N2O4. The molecule has 44 heavy (non-hydrogen) atoms. The fraction of sp³-hybridized carbons (Fsp3) is 0.500. The van der Waals surface area contributed by atoms with E-state index in [9.17, 15) is 49.1 Å². The van der Waals surface area contributed by atoms with Crippen molar-refractivity contribution in [2.75, 3.05) is 12.0 Å². The Balaban J connectivity index is 1.92. The maximum Gasteiger partial charge on any atom is 0.417 e. The highest BCUT2D eigenvalue weighted by atomic mass is 79.9. The van der Waals surface area contributed by atoms with E-state index in [-0.39, 0.29) is 29.7 Å². The van der Waals surface area contributed by atoms with Crippen molar-refractivity contribution in [1.29, 1.82) is 0 Å². The molecule has 1 aliphatic heterocycles. The van der Waals surface area contributed by atoms with E-state index in [0.29, 0.717) is 25.0 Å². The van der Waals surface area contributed by atoms with Gasteiger partial charge in [0.25, 0.3) is 0 Å². The van der Waals surface area contributed by atoms with Crippen LogP contribution in [0.5, 0.6) is 0 Å². The summed E-state index contributed by atoms with van der Waals surface area (Å²) in [5.41, 5.74) is -5.31. The largest absolute Gasteiger partial charge is 0.453 e. The average molecular weight is 705 g/mol. The number of benzene rings is 2. The summed E-state index contributed by atoms with van der Waals surface area (Å²) in [6.07, 6.45) is -16.9. The standard InChI is InChI=1S/C28H26BrF9N2O4/c1-13(2)44-25(42)40-20-7-6-16(26(30,31)32)9-18(20)22(11-21(40)14-4-5-14)39(24(41)43-3)12-15-8-17(27(33,34)35)10-19(23(15)29)28(36,37)38/h6-10,13-14,21-22H,4-5,11-12H2,1-3H3/t21-,22-/m0/s1. The zero-order chi connectivity index (χ0) is 32.9. The van der Waals surface area contributed by atoms with Crippen molar-refractivity contribution in [3.63, 3.8) is 0 Å². The van der Waals surface area contributed by atoms with Crippen molar-refractivity contribution in [3.8, 4) is 0 Å². The Bertz CT molecular complexity index is 1420. The summed E-state index contributed by atoms with van der Waals surface area (Å²) in [5.74, 6) is -0.149. The number of fused-ring (bicyclic) bond motifs is 1. The molecule has 242 valence electrons. The first kappa shape index (κ1) is 33.7. The summed E-state index contributed by atoms with van der Waals surface area (Å²) >= 11 is 2.72. The maximum absolute atomic E-state index is 13.8. The highest BCUT2D eigenvalue weighted by Gasteiger charge is 2.48. The molecule has 0 N–H and O–H groups in total. The molecule has 2 aliphatic rings. The first-order valence-corrected chi connectivity index (χ1v) is 14.1. The lowest BCUT2D eigenvalue weighted by Gasteiger charge is -2.44. The number of carbonyl (C=O) groups is 2. The number of ether oxygens (including phenoxy) is 2. The van der Waals surface area contributed by atoms with E-state index in [1.165, 1.54) is 4.90 Å². The number of carbonyl (C=O) groups excluding carboxylic acids is 2. The minimum Gasteiger partial charge on any atom is -0.453 e. The van der Waals surface area contributed by atoms with Gasteiger partial charge in [0.15, 0.2) is 0 Å². The summed E-state index contributed by atoms with van der Waals surface area (Å²) in [5, 5.41) is 0. The van der Waals surface area contributed by atoms with Crippen molar-refractivity contribution in [2.45, 2.75) is 76.4 Å². The summed E-state index contributed by atoms with van der Waals surface area (Å²) in [7, 11) is 0.915. The SMILES string of the molecule is COC(=O)N(Cc1cc(C(F)(F)F)cc(C(F)(F)F)c1Br)[C@H]1C[C@@H](C2CC2)N(C(=O)OC(C)C)c2ccc(C(F)(F)F)cc21. The van der Waals surface area contributed by atoms with Gasteiger partial charge in [0.1, 0.15) is 0 Å². The lowest BCUT2D eigenvalue weighted by Crippen LogP contribution is -2.50. The first-order valence-electron chi connectivity index (χ1n) is 13.3. The zero-order valence-corrected chi connectivity index (χ0v) is 24.9. The van der Waals surface area contributed by atoms with E-state index < -0.39 is 82.2 Å². The number of rotatable bonds is 5. The van der Waals surface area contributed by atoms with Crippen LogP contribution in [-0.4, -0.2) is 36.3 Å². The Hall–Kier alpha value is -3.17. The molecule has 2 aromatic carbocycles. The minimum atomic E-state index is -5.22. The maximum atomic E-state index is 13.8. The number of nitrogens with zero attached hydrogens (tertiary/aromatic N) is 2. The number of hydrogen-bond acceptors (Lipinski definition) is 4. The van der Waals surface area contributed by atoms with Gasteiger partial charge in [0, 0.05) is 10.5 Å². The van der Waals surface area contributed by atoms with Crippen molar-refractivity contribution < 1.29 is 58.6 Å². The van der Waals surface area contributed by atoms with Crippen LogP contribution in [-0.2, 0) is 34.5 Å². The van der Waals surface area contributed by atoms with E-state index in [0.717, 1.165) is 24.1 Å². The third kappa shape index (κ3) is 7.04. The zero-order valence-electron chi connectivity index (χ0n) is 23.3. The number of methoxy groups -OCH3 is 1. The molecule has 6 nitrogen and oxygen atoms in total. The van der Waals surface area contributed by atoms with E-state index in [2.05, 4.69) is 15.9 Å². The Morgan fingerprint density at radius 2 is 1.57 bits per heavy atom. The first-order chi connectivity index (χ1) is 20.2. The summed E-state index contributed by atoms with van der Waals surface area (Å²) in [6, 6.07) is 0.777. The lowest BCUT2D eigenvalue weighted by atomic mass is 9.86. The van der Waals surface area contributed by atoms with Crippen molar-refractivity contribution in [1.82, 2.24) is 4.90 Å². The van der Waals surface area contributed by atoms with Crippen LogP contribution >= 0.6 is 15.9 Å². The van der Waals surface area contributed by atoms with Gasteiger partial charge in [-0.15, -0.1) is 0 Å². The molecule has 1 aliphatic carbocycles. The van der Waals surface area contributed by atoms with Crippen LogP contribution in [0.2, 0.25) is 0 Å². The molecule has 0 aromatic heterocycles. The van der Waals surface area contributed by atoms with Gasteiger partial charge >= 0.3 is 30.7 Å². The number of halogens is 10. The Kier molecular flexibility index (Phi) is 9.17.